The maximum atomic E-state index is 5.72. The number of nitrogens with zero attached hydrogens (tertiary/aromatic N) is 3. The van der Waals surface area contributed by atoms with Crippen LogP contribution < -0.4 is 11.1 Å². The lowest BCUT2D eigenvalue weighted by atomic mass is 10.1. The van der Waals surface area contributed by atoms with Gasteiger partial charge in [-0.15, -0.1) is 5.10 Å². The summed E-state index contributed by atoms with van der Waals surface area (Å²) in [6.45, 7) is 2.75. The Morgan fingerprint density at radius 3 is 2.48 bits per heavy atom. The first-order valence-corrected chi connectivity index (χ1v) is 6.80. The normalized spacial score (nSPS) is 10.5. The van der Waals surface area contributed by atoms with Crippen LogP contribution in [0.3, 0.4) is 0 Å². The number of benzene rings is 2. The van der Waals surface area contributed by atoms with E-state index in [9.17, 15) is 0 Å². The highest BCUT2D eigenvalue weighted by atomic mass is 15.4. The lowest BCUT2D eigenvalue weighted by Gasteiger charge is -2.08. The number of anilines is 2. The summed E-state index contributed by atoms with van der Waals surface area (Å²) < 4.78 is 1.71. The molecule has 0 unspecified atom stereocenters. The first-order valence-electron chi connectivity index (χ1n) is 6.80. The molecule has 5 nitrogen and oxygen atoms in total. The predicted octanol–water partition coefficient (Wildman–Crippen LogP) is 2.77. The summed E-state index contributed by atoms with van der Waals surface area (Å²) in [5.41, 5.74) is 9.07. The number of rotatable bonds is 4. The summed E-state index contributed by atoms with van der Waals surface area (Å²) in [6.07, 6.45) is 0. The Morgan fingerprint density at radius 1 is 1.05 bits per heavy atom. The summed E-state index contributed by atoms with van der Waals surface area (Å²) in [6, 6.07) is 18.2. The molecule has 3 N–H and O–H groups in total. The molecule has 3 aromatic rings. The molecule has 1 heterocycles. The van der Waals surface area contributed by atoms with Crippen molar-refractivity contribution in [1.82, 2.24) is 14.8 Å². The van der Waals surface area contributed by atoms with Gasteiger partial charge in [0.1, 0.15) is 0 Å². The van der Waals surface area contributed by atoms with Crippen LogP contribution in [0.5, 0.6) is 0 Å². The molecule has 0 aliphatic heterocycles. The van der Waals surface area contributed by atoms with Gasteiger partial charge in [-0.3, -0.25) is 0 Å². The molecule has 0 radical (unpaired) electrons. The minimum atomic E-state index is 0.255. The van der Waals surface area contributed by atoms with Crippen molar-refractivity contribution >= 4 is 11.9 Å². The van der Waals surface area contributed by atoms with E-state index in [1.165, 1.54) is 11.1 Å². The fourth-order valence-electron chi connectivity index (χ4n) is 2.08. The average molecular weight is 279 g/mol. The van der Waals surface area contributed by atoms with Gasteiger partial charge < -0.3 is 11.1 Å². The molecule has 5 heteroatoms. The third kappa shape index (κ3) is 3.02. The van der Waals surface area contributed by atoms with Crippen LogP contribution in [-0.2, 0) is 6.54 Å². The Morgan fingerprint density at radius 2 is 1.76 bits per heavy atom. The van der Waals surface area contributed by atoms with Crippen LogP contribution in [0.2, 0.25) is 0 Å². The predicted molar refractivity (Wildman–Crippen MR) is 84.3 cm³/mol. The van der Waals surface area contributed by atoms with Crippen molar-refractivity contribution in [2.45, 2.75) is 13.5 Å². The number of nitrogen functional groups attached to an aromatic ring is 1. The van der Waals surface area contributed by atoms with Gasteiger partial charge in [-0.05, 0) is 24.6 Å². The van der Waals surface area contributed by atoms with E-state index in [4.69, 9.17) is 5.73 Å². The minimum Gasteiger partial charge on any atom is -0.366 e. The molecule has 0 aliphatic rings. The van der Waals surface area contributed by atoms with Crippen molar-refractivity contribution in [3.8, 4) is 5.69 Å². The highest BCUT2D eigenvalue weighted by Crippen LogP contribution is 2.15. The molecule has 106 valence electrons. The van der Waals surface area contributed by atoms with Gasteiger partial charge >= 0.3 is 0 Å². The minimum absolute atomic E-state index is 0.255. The van der Waals surface area contributed by atoms with E-state index in [0.717, 1.165) is 5.69 Å². The SMILES string of the molecule is Cc1ccc(CNc2nc(N)nn2-c2ccccc2)cc1. The Balaban J connectivity index is 1.81. The van der Waals surface area contributed by atoms with E-state index in [0.29, 0.717) is 12.5 Å². The van der Waals surface area contributed by atoms with Crippen molar-refractivity contribution in [3.63, 3.8) is 0 Å². The molecular weight excluding hydrogens is 262 g/mol. The molecule has 0 aliphatic carbocycles. The van der Waals surface area contributed by atoms with Gasteiger partial charge in [-0.2, -0.15) is 9.67 Å². The molecule has 2 aromatic carbocycles. The average Bonchev–Trinajstić information content (AvgIpc) is 2.89. The third-order valence-corrected chi connectivity index (χ3v) is 3.20. The molecule has 0 fully saturated rings. The highest BCUT2D eigenvalue weighted by Gasteiger charge is 2.09. The zero-order chi connectivity index (χ0) is 14.7. The summed E-state index contributed by atoms with van der Waals surface area (Å²) in [7, 11) is 0. The highest BCUT2D eigenvalue weighted by molar-refractivity contribution is 5.43. The molecular formula is C16H17N5. The smallest absolute Gasteiger partial charge is 0.241 e. The lowest BCUT2D eigenvalue weighted by molar-refractivity contribution is 0.876. The molecule has 1 aromatic heterocycles. The largest absolute Gasteiger partial charge is 0.366 e. The molecule has 0 saturated heterocycles. The molecule has 0 atom stereocenters. The summed E-state index contributed by atoms with van der Waals surface area (Å²) in [5.74, 6) is 0.893. The first kappa shape index (κ1) is 13.2. The van der Waals surface area contributed by atoms with Crippen molar-refractivity contribution in [3.05, 3.63) is 65.7 Å². The Kier molecular flexibility index (Phi) is 3.55. The number of nitrogens with two attached hydrogens (primary N) is 1. The standard InChI is InChI=1S/C16H17N5/c1-12-7-9-13(10-8-12)11-18-16-19-15(17)20-21(16)14-5-3-2-4-6-14/h2-10H,11H2,1H3,(H3,17,18,19,20). The van der Waals surface area contributed by atoms with Crippen LogP contribution in [0.25, 0.3) is 5.69 Å². The lowest BCUT2D eigenvalue weighted by Crippen LogP contribution is -2.07. The molecule has 0 saturated carbocycles. The topological polar surface area (TPSA) is 68.8 Å². The Hall–Kier alpha value is -2.82. The third-order valence-electron chi connectivity index (χ3n) is 3.20. The molecule has 0 spiro atoms. The van der Waals surface area contributed by atoms with Crippen molar-refractivity contribution in [2.24, 2.45) is 0 Å². The van der Waals surface area contributed by atoms with Crippen molar-refractivity contribution < 1.29 is 0 Å². The van der Waals surface area contributed by atoms with Gasteiger partial charge in [0.15, 0.2) is 0 Å². The van der Waals surface area contributed by atoms with Crippen LogP contribution in [0.1, 0.15) is 11.1 Å². The van der Waals surface area contributed by atoms with E-state index in [1.807, 2.05) is 30.3 Å². The number of aromatic nitrogens is 3. The van der Waals surface area contributed by atoms with E-state index >= 15 is 0 Å². The summed E-state index contributed by atoms with van der Waals surface area (Å²) >= 11 is 0. The molecule has 3 rings (SSSR count). The van der Waals surface area contributed by atoms with Crippen LogP contribution in [0.15, 0.2) is 54.6 Å². The monoisotopic (exact) mass is 279 g/mol. The van der Waals surface area contributed by atoms with Crippen molar-refractivity contribution in [2.75, 3.05) is 11.1 Å². The van der Waals surface area contributed by atoms with E-state index in [2.05, 4.69) is 46.6 Å². The van der Waals surface area contributed by atoms with Crippen LogP contribution in [-0.4, -0.2) is 14.8 Å². The van der Waals surface area contributed by atoms with Gasteiger partial charge in [0, 0.05) is 6.54 Å². The van der Waals surface area contributed by atoms with Gasteiger partial charge in [-0.1, -0.05) is 48.0 Å². The second-order valence-electron chi connectivity index (χ2n) is 4.88. The number of aryl methyl sites for hydroxylation is 1. The van der Waals surface area contributed by atoms with Crippen molar-refractivity contribution in [1.29, 1.82) is 0 Å². The van der Waals surface area contributed by atoms with Crippen LogP contribution in [0.4, 0.5) is 11.9 Å². The van der Waals surface area contributed by atoms with Gasteiger partial charge in [-0.25, -0.2) is 0 Å². The molecule has 0 bridgehead atoms. The van der Waals surface area contributed by atoms with Gasteiger partial charge in [0.2, 0.25) is 11.9 Å². The number of para-hydroxylation sites is 1. The Labute approximate surface area is 123 Å². The van der Waals surface area contributed by atoms with Gasteiger partial charge in [0.05, 0.1) is 5.69 Å². The maximum absolute atomic E-state index is 5.72. The number of hydrogen-bond donors (Lipinski definition) is 2. The zero-order valence-electron chi connectivity index (χ0n) is 11.8. The van der Waals surface area contributed by atoms with Crippen LogP contribution >= 0.6 is 0 Å². The van der Waals surface area contributed by atoms with E-state index < -0.39 is 0 Å². The van der Waals surface area contributed by atoms with E-state index in [-0.39, 0.29) is 5.95 Å². The molecule has 21 heavy (non-hydrogen) atoms. The zero-order valence-corrected chi connectivity index (χ0v) is 11.8. The van der Waals surface area contributed by atoms with E-state index in [1.54, 1.807) is 4.68 Å². The first-order chi connectivity index (χ1) is 10.2. The quantitative estimate of drug-likeness (QED) is 0.770. The second-order valence-corrected chi connectivity index (χ2v) is 4.88. The second kappa shape index (κ2) is 5.66. The Bertz CT molecular complexity index is 716. The maximum Gasteiger partial charge on any atom is 0.241 e. The fourth-order valence-corrected chi connectivity index (χ4v) is 2.08. The van der Waals surface area contributed by atoms with Crippen LogP contribution in [0, 0.1) is 6.92 Å². The summed E-state index contributed by atoms with van der Waals surface area (Å²) in [4.78, 5) is 4.24. The summed E-state index contributed by atoms with van der Waals surface area (Å²) in [5, 5.41) is 7.51. The molecule has 0 amide bonds. The number of nitrogens with one attached hydrogen (secondary N) is 1. The number of hydrogen-bond acceptors (Lipinski definition) is 4. The fraction of sp³-hybridized carbons (Fsp3) is 0.125. The van der Waals surface area contributed by atoms with Gasteiger partial charge in [0.25, 0.3) is 0 Å².